The number of benzene rings is 2. The second-order valence-electron chi connectivity index (χ2n) is 5.93. The van der Waals surface area contributed by atoms with E-state index in [1.165, 1.54) is 0 Å². The minimum atomic E-state index is -0.766. The van der Waals surface area contributed by atoms with Gasteiger partial charge in [-0.3, -0.25) is 4.79 Å². The molecule has 1 atom stereocenters. The van der Waals surface area contributed by atoms with Crippen LogP contribution in [0.5, 0.6) is 0 Å². The van der Waals surface area contributed by atoms with Gasteiger partial charge in [0.05, 0.1) is 18.7 Å². The number of hydrogen-bond acceptors (Lipinski definition) is 5. The number of nitrogens with zero attached hydrogens (tertiary/aromatic N) is 1. The summed E-state index contributed by atoms with van der Waals surface area (Å²) in [5.74, 6) is 0.290. The Morgan fingerprint density at radius 1 is 1.14 bits per heavy atom. The number of primary amides is 1. The number of aromatic nitrogens is 1. The maximum Gasteiger partial charge on any atom is 0.312 e. The summed E-state index contributed by atoms with van der Waals surface area (Å²) < 4.78 is 10.8. The van der Waals surface area contributed by atoms with Crippen LogP contribution < -0.4 is 11.1 Å². The number of hydrogen-bond donors (Lipinski definition) is 2. The molecule has 144 valence electrons. The van der Waals surface area contributed by atoms with E-state index < -0.39 is 18.0 Å². The molecule has 8 heteroatoms. The van der Waals surface area contributed by atoms with Gasteiger partial charge in [-0.15, -0.1) is 0 Å². The number of amides is 2. The second kappa shape index (κ2) is 9.05. The maximum absolute atomic E-state index is 12.2. The summed E-state index contributed by atoms with van der Waals surface area (Å²) in [5.41, 5.74) is 6.65. The van der Waals surface area contributed by atoms with Crippen LogP contribution in [-0.4, -0.2) is 17.0 Å². The van der Waals surface area contributed by atoms with Crippen LogP contribution in [0.3, 0.4) is 0 Å². The van der Waals surface area contributed by atoms with Crippen molar-refractivity contribution in [3.63, 3.8) is 0 Å². The fourth-order valence-corrected chi connectivity index (χ4v) is 2.92. The summed E-state index contributed by atoms with van der Waals surface area (Å²) in [5, 5.41) is 2.92. The summed E-state index contributed by atoms with van der Waals surface area (Å²) in [7, 11) is 0. The SMILES string of the molecule is NC(=O)N[C@@H](CC(=O)OCc1ncc(-c2ccccc2)o1)c1ccccc1Cl. The predicted molar refractivity (Wildman–Crippen MR) is 103 cm³/mol. The van der Waals surface area contributed by atoms with Gasteiger partial charge in [0, 0.05) is 10.6 Å². The number of halogens is 1. The lowest BCUT2D eigenvalue weighted by molar-refractivity contribution is -0.146. The molecule has 3 N–H and O–H groups in total. The first-order chi connectivity index (χ1) is 13.5. The van der Waals surface area contributed by atoms with Crippen LogP contribution in [0.1, 0.15) is 23.9 Å². The molecule has 0 aliphatic carbocycles. The van der Waals surface area contributed by atoms with Crippen molar-refractivity contribution in [3.8, 4) is 11.3 Å². The summed E-state index contributed by atoms with van der Waals surface area (Å²) in [6.45, 7) is -0.127. The van der Waals surface area contributed by atoms with E-state index in [4.69, 9.17) is 26.5 Å². The third-order valence-corrected chi connectivity index (χ3v) is 4.28. The first-order valence-electron chi connectivity index (χ1n) is 8.49. The van der Waals surface area contributed by atoms with E-state index in [0.717, 1.165) is 5.56 Å². The van der Waals surface area contributed by atoms with E-state index >= 15 is 0 Å². The van der Waals surface area contributed by atoms with Crippen molar-refractivity contribution in [2.24, 2.45) is 5.73 Å². The van der Waals surface area contributed by atoms with Gasteiger partial charge < -0.3 is 20.2 Å². The van der Waals surface area contributed by atoms with Gasteiger partial charge in [0.2, 0.25) is 5.89 Å². The van der Waals surface area contributed by atoms with Crippen molar-refractivity contribution < 1.29 is 18.7 Å². The second-order valence-corrected chi connectivity index (χ2v) is 6.34. The molecule has 0 spiro atoms. The zero-order valence-electron chi connectivity index (χ0n) is 14.8. The Bertz CT molecular complexity index is 959. The van der Waals surface area contributed by atoms with Gasteiger partial charge in [-0.1, -0.05) is 60.1 Å². The Morgan fingerprint density at radius 3 is 2.57 bits per heavy atom. The highest BCUT2D eigenvalue weighted by molar-refractivity contribution is 6.31. The highest BCUT2D eigenvalue weighted by Crippen LogP contribution is 2.26. The fourth-order valence-electron chi connectivity index (χ4n) is 2.65. The molecular formula is C20H18ClN3O4. The highest BCUT2D eigenvalue weighted by Gasteiger charge is 2.21. The lowest BCUT2D eigenvalue weighted by Gasteiger charge is -2.18. The van der Waals surface area contributed by atoms with Crippen LogP contribution in [0.25, 0.3) is 11.3 Å². The van der Waals surface area contributed by atoms with Crippen LogP contribution in [0.2, 0.25) is 5.02 Å². The van der Waals surface area contributed by atoms with Gasteiger partial charge in [-0.25, -0.2) is 9.78 Å². The number of ether oxygens (including phenoxy) is 1. The monoisotopic (exact) mass is 399 g/mol. The maximum atomic E-state index is 12.2. The number of esters is 1. The Balaban J connectivity index is 1.61. The van der Waals surface area contributed by atoms with E-state index in [1.54, 1.807) is 30.5 Å². The molecule has 3 rings (SSSR count). The molecule has 28 heavy (non-hydrogen) atoms. The molecule has 0 radical (unpaired) electrons. The number of nitrogens with two attached hydrogens (primary N) is 1. The zero-order chi connectivity index (χ0) is 19.9. The molecule has 1 aromatic heterocycles. The van der Waals surface area contributed by atoms with E-state index in [1.807, 2.05) is 30.3 Å². The molecule has 0 unspecified atom stereocenters. The van der Waals surface area contributed by atoms with Gasteiger partial charge in [0.15, 0.2) is 12.4 Å². The molecule has 1 heterocycles. The fraction of sp³-hybridized carbons (Fsp3) is 0.150. The number of urea groups is 1. The zero-order valence-corrected chi connectivity index (χ0v) is 15.6. The standard InChI is InChI=1S/C20H18ClN3O4/c21-15-9-5-4-8-14(15)16(24-20(22)26)10-19(25)27-12-18-23-11-17(28-18)13-6-2-1-3-7-13/h1-9,11,16H,10,12H2,(H3,22,24,26)/t16-/m0/s1. The average molecular weight is 400 g/mol. The molecule has 0 saturated carbocycles. The van der Waals surface area contributed by atoms with Crippen molar-refractivity contribution in [3.05, 3.63) is 77.3 Å². The van der Waals surface area contributed by atoms with E-state index in [-0.39, 0.29) is 18.9 Å². The van der Waals surface area contributed by atoms with Crippen LogP contribution in [0.4, 0.5) is 4.79 Å². The molecule has 0 aliphatic rings. The molecule has 3 aromatic rings. The third-order valence-electron chi connectivity index (χ3n) is 3.94. The molecule has 0 bridgehead atoms. The summed E-state index contributed by atoms with van der Waals surface area (Å²) in [6, 6.07) is 14.8. The van der Waals surface area contributed by atoms with Crippen LogP contribution in [-0.2, 0) is 16.1 Å². The van der Waals surface area contributed by atoms with Gasteiger partial charge >= 0.3 is 12.0 Å². The minimum Gasteiger partial charge on any atom is -0.456 e. The third kappa shape index (κ3) is 5.11. The molecule has 2 amide bonds. The Labute approximate surface area is 166 Å². The number of carbonyl (C=O) groups is 2. The van der Waals surface area contributed by atoms with Crippen LogP contribution in [0.15, 0.2) is 65.2 Å². The molecule has 2 aromatic carbocycles. The van der Waals surface area contributed by atoms with E-state index in [9.17, 15) is 9.59 Å². The minimum absolute atomic E-state index is 0.127. The van der Waals surface area contributed by atoms with Crippen molar-refractivity contribution in [1.29, 1.82) is 0 Å². The first-order valence-corrected chi connectivity index (χ1v) is 8.87. The Hall–Kier alpha value is -3.32. The topological polar surface area (TPSA) is 107 Å². The average Bonchev–Trinajstić information content (AvgIpc) is 3.16. The highest BCUT2D eigenvalue weighted by atomic mass is 35.5. The lowest BCUT2D eigenvalue weighted by atomic mass is 10.0. The van der Waals surface area contributed by atoms with Crippen LogP contribution in [0, 0.1) is 0 Å². The summed E-state index contributed by atoms with van der Waals surface area (Å²) >= 11 is 6.15. The lowest BCUT2D eigenvalue weighted by Crippen LogP contribution is -2.34. The summed E-state index contributed by atoms with van der Waals surface area (Å²) in [4.78, 5) is 27.6. The Morgan fingerprint density at radius 2 is 1.86 bits per heavy atom. The largest absolute Gasteiger partial charge is 0.456 e. The first kappa shape index (κ1) is 19.4. The number of rotatable bonds is 7. The van der Waals surface area contributed by atoms with Crippen molar-refractivity contribution in [1.82, 2.24) is 10.3 Å². The summed E-state index contributed by atoms with van der Waals surface area (Å²) in [6.07, 6.45) is 1.43. The van der Waals surface area contributed by atoms with Crippen molar-refractivity contribution in [2.45, 2.75) is 19.1 Å². The molecule has 0 aliphatic heterocycles. The molecular weight excluding hydrogens is 382 g/mol. The van der Waals surface area contributed by atoms with Crippen molar-refractivity contribution >= 4 is 23.6 Å². The van der Waals surface area contributed by atoms with Gasteiger partial charge in [-0.2, -0.15) is 0 Å². The van der Waals surface area contributed by atoms with Crippen molar-refractivity contribution in [2.75, 3.05) is 0 Å². The van der Waals surface area contributed by atoms with Gasteiger partial charge in [0.25, 0.3) is 0 Å². The van der Waals surface area contributed by atoms with Crippen LogP contribution >= 0.6 is 11.6 Å². The Kier molecular flexibility index (Phi) is 6.29. The van der Waals surface area contributed by atoms with Gasteiger partial charge in [-0.05, 0) is 11.6 Å². The predicted octanol–water partition coefficient (Wildman–Crippen LogP) is 3.84. The molecule has 0 fully saturated rings. The number of nitrogens with one attached hydrogen (secondary N) is 1. The van der Waals surface area contributed by atoms with E-state index in [2.05, 4.69) is 10.3 Å². The molecule has 7 nitrogen and oxygen atoms in total. The normalized spacial score (nSPS) is 11.6. The smallest absolute Gasteiger partial charge is 0.312 e. The molecule has 0 saturated heterocycles. The number of oxazole rings is 1. The quantitative estimate of drug-likeness (QED) is 0.587. The van der Waals surface area contributed by atoms with Gasteiger partial charge in [0.1, 0.15) is 0 Å². The van der Waals surface area contributed by atoms with E-state index in [0.29, 0.717) is 16.3 Å². The number of carbonyl (C=O) groups excluding carboxylic acids is 2.